The molecule has 1 aromatic heterocycles. The zero-order chi connectivity index (χ0) is 22.3. The molecule has 7 nitrogen and oxygen atoms in total. The van der Waals surface area contributed by atoms with E-state index >= 15 is 0 Å². The number of amides is 3. The first-order chi connectivity index (χ1) is 15.6. The smallest absolute Gasteiger partial charge is 0.287 e. The van der Waals surface area contributed by atoms with Crippen molar-refractivity contribution >= 4 is 23.4 Å². The van der Waals surface area contributed by atoms with Crippen LogP contribution in [-0.4, -0.2) is 30.3 Å². The van der Waals surface area contributed by atoms with Gasteiger partial charge in [0.1, 0.15) is 6.04 Å². The van der Waals surface area contributed by atoms with Crippen LogP contribution in [0, 0.1) is 0 Å². The van der Waals surface area contributed by atoms with E-state index in [1.165, 1.54) is 6.26 Å². The van der Waals surface area contributed by atoms with Crippen LogP contribution in [0.4, 0.5) is 5.69 Å². The fourth-order valence-electron chi connectivity index (χ4n) is 3.72. The molecule has 1 aliphatic rings. The first-order valence-electron chi connectivity index (χ1n) is 10.7. The van der Waals surface area contributed by atoms with E-state index in [0.717, 1.165) is 29.8 Å². The van der Waals surface area contributed by atoms with Crippen LogP contribution in [0.25, 0.3) is 0 Å². The van der Waals surface area contributed by atoms with Crippen LogP contribution in [0.2, 0.25) is 0 Å². The van der Waals surface area contributed by atoms with Crippen molar-refractivity contribution in [1.29, 1.82) is 0 Å². The van der Waals surface area contributed by atoms with E-state index in [1.807, 2.05) is 54.6 Å². The summed E-state index contributed by atoms with van der Waals surface area (Å²) < 4.78 is 5.14. The lowest BCUT2D eigenvalue weighted by Crippen LogP contribution is -2.47. The highest BCUT2D eigenvalue weighted by Gasteiger charge is 2.23. The van der Waals surface area contributed by atoms with Crippen molar-refractivity contribution in [2.75, 3.05) is 11.4 Å². The van der Waals surface area contributed by atoms with Crippen molar-refractivity contribution in [3.8, 4) is 0 Å². The van der Waals surface area contributed by atoms with Gasteiger partial charge >= 0.3 is 0 Å². The van der Waals surface area contributed by atoms with E-state index in [9.17, 15) is 14.4 Å². The molecule has 2 N–H and O–H groups in total. The second-order valence-corrected chi connectivity index (χ2v) is 7.73. The number of rotatable bonds is 8. The summed E-state index contributed by atoms with van der Waals surface area (Å²) >= 11 is 0. The second-order valence-electron chi connectivity index (χ2n) is 7.73. The zero-order valence-electron chi connectivity index (χ0n) is 17.6. The molecule has 3 aromatic rings. The minimum atomic E-state index is -0.753. The summed E-state index contributed by atoms with van der Waals surface area (Å²) in [5.41, 5.74) is 2.71. The van der Waals surface area contributed by atoms with E-state index < -0.39 is 11.9 Å². The molecule has 1 atom stereocenters. The molecule has 164 valence electrons. The summed E-state index contributed by atoms with van der Waals surface area (Å²) in [6.45, 7) is 1.06. The lowest BCUT2D eigenvalue weighted by atomic mass is 10.0. The van der Waals surface area contributed by atoms with E-state index in [0.29, 0.717) is 19.4 Å². The number of nitrogens with zero attached hydrogens (tertiary/aromatic N) is 1. The van der Waals surface area contributed by atoms with Crippen LogP contribution in [0.5, 0.6) is 0 Å². The van der Waals surface area contributed by atoms with Crippen LogP contribution < -0.4 is 15.5 Å². The number of hydrogen-bond acceptors (Lipinski definition) is 4. The summed E-state index contributed by atoms with van der Waals surface area (Å²) in [7, 11) is 0. The predicted molar refractivity (Wildman–Crippen MR) is 120 cm³/mol. The van der Waals surface area contributed by atoms with Gasteiger partial charge in [-0.05, 0) is 41.8 Å². The van der Waals surface area contributed by atoms with Crippen LogP contribution in [0.1, 0.15) is 34.5 Å². The first kappa shape index (κ1) is 21.4. The highest BCUT2D eigenvalue weighted by molar-refractivity contribution is 5.96. The molecular weight excluding hydrogens is 406 g/mol. The molecule has 0 saturated carbocycles. The normalized spacial score (nSPS) is 14.2. The van der Waals surface area contributed by atoms with Gasteiger partial charge in [0, 0.05) is 31.6 Å². The molecule has 4 rings (SSSR count). The van der Waals surface area contributed by atoms with Gasteiger partial charge in [0.15, 0.2) is 5.76 Å². The summed E-state index contributed by atoms with van der Waals surface area (Å²) in [5.74, 6) is -0.428. The van der Waals surface area contributed by atoms with Gasteiger partial charge < -0.3 is 20.0 Å². The van der Waals surface area contributed by atoms with Crippen LogP contribution in [0.15, 0.2) is 77.4 Å². The van der Waals surface area contributed by atoms with Crippen molar-refractivity contribution in [3.05, 3.63) is 89.9 Å². The van der Waals surface area contributed by atoms with Crippen molar-refractivity contribution in [1.82, 2.24) is 10.6 Å². The van der Waals surface area contributed by atoms with Gasteiger partial charge in [-0.3, -0.25) is 14.4 Å². The predicted octanol–water partition coefficient (Wildman–Crippen LogP) is 3.06. The Morgan fingerprint density at radius 3 is 2.41 bits per heavy atom. The van der Waals surface area contributed by atoms with Gasteiger partial charge in [0.05, 0.1) is 6.26 Å². The van der Waals surface area contributed by atoms with E-state index in [-0.39, 0.29) is 17.6 Å². The average Bonchev–Trinajstić information content (AvgIpc) is 3.50. The SMILES string of the molecule is O=C(N[C@@H](Cc1ccccc1)C(=O)NCc1ccc(N2CCCC2=O)cc1)c1ccco1. The third kappa shape index (κ3) is 5.24. The molecular formula is C25H25N3O4. The lowest BCUT2D eigenvalue weighted by Gasteiger charge is -2.19. The number of hydrogen-bond donors (Lipinski definition) is 2. The number of benzene rings is 2. The van der Waals surface area contributed by atoms with Gasteiger partial charge in [0.25, 0.3) is 5.91 Å². The van der Waals surface area contributed by atoms with Gasteiger partial charge in [-0.25, -0.2) is 0 Å². The third-order valence-electron chi connectivity index (χ3n) is 5.44. The monoisotopic (exact) mass is 431 g/mol. The Bertz CT molecular complexity index is 1060. The molecule has 1 fully saturated rings. The average molecular weight is 431 g/mol. The molecule has 3 amide bonds. The molecule has 32 heavy (non-hydrogen) atoms. The van der Waals surface area contributed by atoms with E-state index in [2.05, 4.69) is 10.6 Å². The minimum absolute atomic E-state index is 0.141. The largest absolute Gasteiger partial charge is 0.459 e. The van der Waals surface area contributed by atoms with E-state index in [1.54, 1.807) is 17.0 Å². The van der Waals surface area contributed by atoms with Gasteiger partial charge in [-0.15, -0.1) is 0 Å². The van der Waals surface area contributed by atoms with Crippen molar-refractivity contribution in [3.63, 3.8) is 0 Å². The molecule has 2 heterocycles. The van der Waals surface area contributed by atoms with Crippen LogP contribution >= 0.6 is 0 Å². The number of carbonyl (C=O) groups is 3. The van der Waals surface area contributed by atoms with Gasteiger partial charge in [-0.2, -0.15) is 0 Å². The van der Waals surface area contributed by atoms with Crippen molar-refractivity contribution in [2.45, 2.75) is 31.8 Å². The molecule has 1 aliphatic heterocycles. The highest BCUT2D eigenvalue weighted by atomic mass is 16.3. The fraction of sp³-hybridized carbons (Fsp3) is 0.240. The molecule has 0 spiro atoms. The molecule has 0 bridgehead atoms. The Hall–Kier alpha value is -3.87. The van der Waals surface area contributed by atoms with Crippen molar-refractivity contribution < 1.29 is 18.8 Å². The standard InChI is InChI=1S/C25H25N3O4/c29-23-9-4-14-28(23)20-12-10-19(11-13-20)17-26-24(30)21(16-18-6-2-1-3-7-18)27-25(31)22-8-5-15-32-22/h1-3,5-8,10-13,15,21H,4,9,14,16-17H2,(H,26,30)(H,27,31)/t21-/m0/s1. The van der Waals surface area contributed by atoms with Crippen LogP contribution in [-0.2, 0) is 22.6 Å². The third-order valence-corrected chi connectivity index (χ3v) is 5.44. The first-order valence-corrected chi connectivity index (χ1v) is 10.7. The summed E-state index contributed by atoms with van der Waals surface area (Å²) in [6, 6.07) is 19.5. The van der Waals surface area contributed by atoms with Crippen molar-refractivity contribution in [2.24, 2.45) is 0 Å². The Balaban J connectivity index is 1.40. The molecule has 0 unspecified atom stereocenters. The maximum atomic E-state index is 12.9. The Morgan fingerprint density at radius 2 is 1.75 bits per heavy atom. The summed E-state index contributed by atoms with van der Waals surface area (Å²) in [5, 5.41) is 5.67. The fourth-order valence-corrected chi connectivity index (χ4v) is 3.72. The Labute approximate surface area is 186 Å². The summed E-state index contributed by atoms with van der Waals surface area (Å²) in [6.07, 6.45) is 3.24. The highest BCUT2D eigenvalue weighted by Crippen LogP contribution is 2.21. The zero-order valence-corrected chi connectivity index (χ0v) is 17.6. The summed E-state index contributed by atoms with van der Waals surface area (Å²) in [4.78, 5) is 39.1. The molecule has 2 aromatic carbocycles. The molecule has 0 radical (unpaired) electrons. The van der Waals surface area contributed by atoms with E-state index in [4.69, 9.17) is 4.42 Å². The number of furan rings is 1. The lowest BCUT2D eigenvalue weighted by molar-refractivity contribution is -0.123. The van der Waals surface area contributed by atoms with Crippen LogP contribution in [0.3, 0.4) is 0 Å². The second kappa shape index (κ2) is 9.96. The number of nitrogens with one attached hydrogen (secondary N) is 2. The Kier molecular flexibility index (Phi) is 6.65. The number of carbonyl (C=O) groups excluding carboxylic acids is 3. The molecule has 0 aliphatic carbocycles. The number of anilines is 1. The minimum Gasteiger partial charge on any atom is -0.459 e. The maximum absolute atomic E-state index is 12.9. The molecule has 7 heteroatoms. The van der Waals surface area contributed by atoms with Gasteiger partial charge in [-0.1, -0.05) is 42.5 Å². The quantitative estimate of drug-likeness (QED) is 0.573. The maximum Gasteiger partial charge on any atom is 0.287 e. The molecule has 1 saturated heterocycles. The Morgan fingerprint density at radius 1 is 0.969 bits per heavy atom. The topological polar surface area (TPSA) is 91.7 Å². The van der Waals surface area contributed by atoms with Gasteiger partial charge in [0.2, 0.25) is 11.8 Å².